The summed E-state index contributed by atoms with van der Waals surface area (Å²) in [5, 5.41) is 11.6. The summed E-state index contributed by atoms with van der Waals surface area (Å²) >= 11 is 0. The van der Waals surface area contributed by atoms with Crippen molar-refractivity contribution in [3.05, 3.63) is 89.0 Å². The van der Waals surface area contributed by atoms with E-state index in [0.29, 0.717) is 40.7 Å². The van der Waals surface area contributed by atoms with E-state index >= 15 is 0 Å². The quantitative estimate of drug-likeness (QED) is 0.188. The third-order valence-corrected chi connectivity index (χ3v) is 6.97. The highest BCUT2D eigenvalue weighted by Gasteiger charge is 2.46. The summed E-state index contributed by atoms with van der Waals surface area (Å²) in [6, 6.07) is 18.7. The Balaban J connectivity index is 1.75. The summed E-state index contributed by atoms with van der Waals surface area (Å²) in [6.07, 6.45) is 0. The lowest BCUT2D eigenvalue weighted by molar-refractivity contribution is -0.140. The van der Waals surface area contributed by atoms with Crippen molar-refractivity contribution in [1.29, 1.82) is 0 Å². The van der Waals surface area contributed by atoms with Crippen molar-refractivity contribution in [1.82, 2.24) is 4.90 Å². The van der Waals surface area contributed by atoms with E-state index in [4.69, 9.17) is 18.9 Å². The summed E-state index contributed by atoms with van der Waals surface area (Å²) < 4.78 is 22.3. The first-order valence-electron chi connectivity index (χ1n) is 13.6. The normalized spacial score (nSPS) is 16.5. The Morgan fingerprint density at radius 3 is 2.20 bits per heavy atom. The lowest BCUT2D eigenvalue weighted by Gasteiger charge is -2.26. The number of ether oxygens (including phenoxy) is 4. The fourth-order valence-electron chi connectivity index (χ4n) is 4.90. The van der Waals surface area contributed by atoms with Crippen molar-refractivity contribution >= 4 is 17.4 Å². The van der Waals surface area contributed by atoms with E-state index in [1.807, 2.05) is 39.8 Å². The molecule has 8 heteroatoms. The van der Waals surface area contributed by atoms with Crippen molar-refractivity contribution in [2.75, 3.05) is 34.0 Å². The maximum Gasteiger partial charge on any atom is 0.295 e. The second-order valence-electron chi connectivity index (χ2n) is 10.7. The highest BCUT2D eigenvalue weighted by atomic mass is 16.5. The van der Waals surface area contributed by atoms with Gasteiger partial charge in [0.1, 0.15) is 35.4 Å². The minimum atomic E-state index is -0.839. The molecule has 1 fully saturated rings. The summed E-state index contributed by atoms with van der Waals surface area (Å²) in [5.74, 6) is 0.860. The Bertz CT molecular complexity index is 1440. The molecule has 1 atom stereocenters. The minimum absolute atomic E-state index is 0.0109. The van der Waals surface area contributed by atoms with Crippen LogP contribution in [0.5, 0.6) is 23.0 Å². The van der Waals surface area contributed by atoms with Crippen LogP contribution in [0.15, 0.2) is 72.3 Å². The zero-order valence-electron chi connectivity index (χ0n) is 24.4. The Kier molecular flexibility index (Phi) is 8.91. The molecular formula is C33H37NO7. The molecule has 1 saturated heterocycles. The number of amides is 1. The average Bonchev–Trinajstić information content (AvgIpc) is 3.22. The Labute approximate surface area is 241 Å². The van der Waals surface area contributed by atoms with E-state index in [2.05, 4.69) is 0 Å². The highest BCUT2D eigenvalue weighted by Crippen LogP contribution is 2.41. The molecule has 0 aromatic heterocycles. The number of hydrogen-bond acceptors (Lipinski definition) is 7. The highest BCUT2D eigenvalue weighted by molar-refractivity contribution is 6.46. The zero-order valence-corrected chi connectivity index (χ0v) is 24.4. The van der Waals surface area contributed by atoms with E-state index in [1.54, 1.807) is 68.8 Å². The fraction of sp³-hybridized carbons (Fsp3) is 0.333. The molecule has 3 aromatic carbocycles. The molecule has 0 radical (unpaired) electrons. The molecule has 216 valence electrons. The summed E-state index contributed by atoms with van der Waals surface area (Å²) in [7, 11) is 3.13. The number of Topliss-reactive ketones (excluding diaryl/α,β-unsaturated/α-hetero) is 1. The van der Waals surface area contributed by atoms with Crippen molar-refractivity contribution in [2.24, 2.45) is 0 Å². The van der Waals surface area contributed by atoms with Crippen LogP contribution in [0.4, 0.5) is 0 Å². The number of ketones is 1. The lowest BCUT2D eigenvalue weighted by atomic mass is 9.84. The number of aliphatic hydroxyl groups excluding tert-OH is 1. The van der Waals surface area contributed by atoms with E-state index < -0.39 is 17.7 Å². The predicted octanol–water partition coefficient (Wildman–Crippen LogP) is 5.90. The van der Waals surface area contributed by atoms with Gasteiger partial charge in [0.25, 0.3) is 11.7 Å². The lowest BCUT2D eigenvalue weighted by Crippen LogP contribution is -2.33. The van der Waals surface area contributed by atoms with Crippen LogP contribution in [0.2, 0.25) is 0 Å². The molecule has 1 aliphatic rings. The van der Waals surface area contributed by atoms with Crippen LogP contribution in [0.1, 0.15) is 50.4 Å². The van der Waals surface area contributed by atoms with E-state index in [-0.39, 0.29) is 29.9 Å². The first kappa shape index (κ1) is 29.5. The summed E-state index contributed by atoms with van der Waals surface area (Å²) in [4.78, 5) is 28.3. The van der Waals surface area contributed by atoms with Gasteiger partial charge in [0.05, 0.1) is 39.0 Å². The van der Waals surface area contributed by atoms with Gasteiger partial charge in [-0.25, -0.2) is 0 Å². The van der Waals surface area contributed by atoms with Crippen molar-refractivity contribution in [3.63, 3.8) is 0 Å². The van der Waals surface area contributed by atoms with E-state index in [9.17, 15) is 14.7 Å². The van der Waals surface area contributed by atoms with E-state index in [1.165, 1.54) is 4.90 Å². The molecule has 41 heavy (non-hydrogen) atoms. The van der Waals surface area contributed by atoms with Crippen molar-refractivity contribution < 1.29 is 33.6 Å². The molecule has 1 heterocycles. The number of carbonyl (C=O) groups is 2. The number of rotatable bonds is 10. The van der Waals surface area contributed by atoms with Crippen LogP contribution in [0.25, 0.3) is 5.76 Å². The molecule has 1 aliphatic heterocycles. The maximum absolute atomic E-state index is 13.5. The van der Waals surface area contributed by atoms with Gasteiger partial charge < -0.3 is 29.0 Å². The van der Waals surface area contributed by atoms with Gasteiger partial charge in [-0.05, 0) is 72.5 Å². The molecule has 8 nitrogen and oxygen atoms in total. The van der Waals surface area contributed by atoms with Crippen LogP contribution in [-0.2, 0) is 15.0 Å². The SMILES string of the molecule is CCOc1ccc(/C(O)=C2/C(=O)C(=O)N(CCOc3ccc(OC)cc3)C2c2cccc(OC)c2)cc1C(C)(C)C. The number of carbonyl (C=O) groups excluding carboxylic acids is 2. The van der Waals surface area contributed by atoms with Gasteiger partial charge in [-0.1, -0.05) is 32.9 Å². The number of methoxy groups -OCH3 is 2. The fourth-order valence-corrected chi connectivity index (χ4v) is 4.90. The van der Waals surface area contributed by atoms with Crippen LogP contribution < -0.4 is 18.9 Å². The number of nitrogens with zero attached hydrogens (tertiary/aromatic N) is 1. The molecule has 0 bridgehead atoms. The Morgan fingerprint density at radius 2 is 1.56 bits per heavy atom. The molecule has 0 saturated carbocycles. The van der Waals surface area contributed by atoms with Gasteiger partial charge in [0.15, 0.2) is 0 Å². The van der Waals surface area contributed by atoms with Gasteiger partial charge in [0.2, 0.25) is 0 Å². The number of aliphatic hydroxyl groups is 1. The monoisotopic (exact) mass is 559 g/mol. The van der Waals surface area contributed by atoms with Crippen molar-refractivity contribution in [3.8, 4) is 23.0 Å². The van der Waals surface area contributed by atoms with Crippen LogP contribution in [0.3, 0.4) is 0 Å². The number of benzene rings is 3. The summed E-state index contributed by atoms with van der Waals surface area (Å²) in [6.45, 7) is 8.80. The molecule has 1 unspecified atom stereocenters. The molecule has 1 amide bonds. The molecule has 4 rings (SSSR count). The van der Waals surface area contributed by atoms with Gasteiger partial charge >= 0.3 is 0 Å². The van der Waals surface area contributed by atoms with Crippen LogP contribution in [-0.4, -0.2) is 55.7 Å². The van der Waals surface area contributed by atoms with Gasteiger partial charge in [-0.3, -0.25) is 9.59 Å². The number of likely N-dealkylation sites (tertiary alicyclic amines) is 1. The average molecular weight is 560 g/mol. The number of hydrogen-bond donors (Lipinski definition) is 1. The standard InChI is InChI=1S/C33H37NO7/c1-7-40-27-16-11-22(20-26(27)33(2,3)4)30(35)28-29(21-9-8-10-25(19-21)39-6)34(32(37)31(28)36)17-18-41-24-14-12-23(38-5)13-15-24/h8-16,19-20,29,35H,7,17-18H2,1-6H3/b30-28-. The smallest absolute Gasteiger partial charge is 0.295 e. The second kappa shape index (κ2) is 12.4. The molecule has 3 aromatic rings. The Morgan fingerprint density at radius 1 is 0.878 bits per heavy atom. The van der Waals surface area contributed by atoms with E-state index in [0.717, 1.165) is 5.56 Å². The molecular weight excluding hydrogens is 522 g/mol. The molecule has 0 aliphatic carbocycles. The Hall–Kier alpha value is -4.46. The third-order valence-electron chi connectivity index (χ3n) is 6.97. The van der Waals surface area contributed by atoms with Crippen LogP contribution in [0, 0.1) is 0 Å². The zero-order chi connectivity index (χ0) is 29.7. The maximum atomic E-state index is 13.5. The summed E-state index contributed by atoms with van der Waals surface area (Å²) in [5.41, 5.74) is 1.66. The third kappa shape index (κ3) is 6.32. The predicted molar refractivity (Wildman–Crippen MR) is 157 cm³/mol. The van der Waals surface area contributed by atoms with Gasteiger partial charge in [-0.2, -0.15) is 0 Å². The second-order valence-corrected chi connectivity index (χ2v) is 10.7. The minimum Gasteiger partial charge on any atom is -0.507 e. The first-order chi connectivity index (χ1) is 19.6. The largest absolute Gasteiger partial charge is 0.507 e. The first-order valence-corrected chi connectivity index (χ1v) is 13.6. The van der Waals surface area contributed by atoms with Gasteiger partial charge in [-0.15, -0.1) is 0 Å². The molecule has 1 N–H and O–H groups in total. The van der Waals surface area contributed by atoms with Crippen molar-refractivity contribution in [2.45, 2.75) is 39.2 Å². The van der Waals surface area contributed by atoms with Crippen LogP contribution >= 0.6 is 0 Å². The topological polar surface area (TPSA) is 94.5 Å². The van der Waals surface area contributed by atoms with Gasteiger partial charge in [0, 0.05) is 11.1 Å². The molecule has 0 spiro atoms.